The number of aryl methyl sites for hydroxylation is 1. The van der Waals surface area contributed by atoms with E-state index < -0.39 is 10.9 Å². The van der Waals surface area contributed by atoms with Crippen LogP contribution in [0.3, 0.4) is 0 Å². The lowest BCUT2D eigenvalue weighted by Crippen LogP contribution is -2.11. The number of nitro groups is 1. The van der Waals surface area contributed by atoms with E-state index in [1.807, 2.05) is 0 Å². The lowest BCUT2D eigenvalue weighted by molar-refractivity contribution is -0.384. The third-order valence-electron chi connectivity index (χ3n) is 2.58. The highest BCUT2D eigenvalue weighted by Gasteiger charge is 2.18. The molecule has 0 atom stereocenters. The Morgan fingerprint density at radius 1 is 1.52 bits per heavy atom. The predicted molar refractivity (Wildman–Crippen MR) is 71.0 cm³/mol. The Morgan fingerprint density at radius 2 is 2.29 bits per heavy atom. The zero-order valence-corrected chi connectivity index (χ0v) is 11.1. The van der Waals surface area contributed by atoms with Crippen LogP contribution >= 0.6 is 0 Å². The Bertz CT molecular complexity index is 683. The van der Waals surface area contributed by atoms with E-state index in [4.69, 9.17) is 5.11 Å². The Kier molecular flexibility index (Phi) is 4.07. The monoisotopic (exact) mass is 292 g/mol. The number of hydrogen-bond acceptors (Lipinski definition) is 7. The minimum Gasteiger partial charge on any atom is -0.477 e. The van der Waals surface area contributed by atoms with Gasteiger partial charge in [0, 0.05) is 26.1 Å². The fourth-order valence-electron chi connectivity index (χ4n) is 1.64. The maximum Gasteiger partial charge on any atom is 0.354 e. The summed E-state index contributed by atoms with van der Waals surface area (Å²) in [6, 6.07) is 2.20. The summed E-state index contributed by atoms with van der Waals surface area (Å²) in [6.45, 7) is 0.293. The SMILES string of the molecule is Cn1cnc(CCNc2nc(C(=O)O)ccc2[N+](=O)[O-])n1. The quantitative estimate of drug-likeness (QED) is 0.579. The molecule has 0 aromatic carbocycles. The van der Waals surface area contributed by atoms with Gasteiger partial charge < -0.3 is 10.4 Å². The Labute approximate surface area is 118 Å². The first-order chi connectivity index (χ1) is 9.97. The summed E-state index contributed by atoms with van der Waals surface area (Å²) >= 11 is 0. The molecular formula is C11H12N6O4. The van der Waals surface area contributed by atoms with Gasteiger partial charge in [-0.3, -0.25) is 14.8 Å². The molecule has 0 unspecified atom stereocenters. The van der Waals surface area contributed by atoms with Gasteiger partial charge >= 0.3 is 11.7 Å². The van der Waals surface area contributed by atoms with Crippen LogP contribution in [0.15, 0.2) is 18.5 Å². The third kappa shape index (κ3) is 3.49. The molecule has 2 aromatic rings. The topological polar surface area (TPSA) is 136 Å². The van der Waals surface area contributed by atoms with Crippen LogP contribution in [0, 0.1) is 10.1 Å². The van der Waals surface area contributed by atoms with Gasteiger partial charge in [0.1, 0.15) is 6.33 Å². The van der Waals surface area contributed by atoms with E-state index >= 15 is 0 Å². The van der Waals surface area contributed by atoms with Crippen molar-refractivity contribution in [3.8, 4) is 0 Å². The second-order valence-electron chi connectivity index (χ2n) is 4.14. The summed E-state index contributed by atoms with van der Waals surface area (Å²) < 4.78 is 1.54. The molecule has 0 spiro atoms. The summed E-state index contributed by atoms with van der Waals surface area (Å²) in [5.41, 5.74) is -0.548. The van der Waals surface area contributed by atoms with Gasteiger partial charge in [0.25, 0.3) is 0 Å². The molecule has 0 radical (unpaired) electrons. The van der Waals surface area contributed by atoms with Crippen molar-refractivity contribution in [3.05, 3.63) is 40.1 Å². The number of aromatic carboxylic acids is 1. The second kappa shape index (κ2) is 5.94. The smallest absolute Gasteiger partial charge is 0.354 e. The highest BCUT2D eigenvalue weighted by molar-refractivity contribution is 5.86. The van der Waals surface area contributed by atoms with Crippen LogP contribution < -0.4 is 5.32 Å². The minimum atomic E-state index is -1.25. The molecule has 2 rings (SSSR count). The molecule has 0 aliphatic heterocycles. The zero-order chi connectivity index (χ0) is 15.4. The molecule has 0 fully saturated rings. The average Bonchev–Trinajstić information content (AvgIpc) is 2.84. The maximum absolute atomic E-state index is 10.9. The van der Waals surface area contributed by atoms with Crippen molar-refractivity contribution in [2.75, 3.05) is 11.9 Å². The lowest BCUT2D eigenvalue weighted by Gasteiger charge is -2.05. The summed E-state index contributed by atoms with van der Waals surface area (Å²) in [5, 5.41) is 26.6. The number of anilines is 1. The van der Waals surface area contributed by atoms with Crippen LogP contribution in [0.2, 0.25) is 0 Å². The molecule has 0 bridgehead atoms. The van der Waals surface area contributed by atoms with Gasteiger partial charge in [0.2, 0.25) is 5.82 Å². The van der Waals surface area contributed by atoms with Gasteiger partial charge in [-0.05, 0) is 6.07 Å². The van der Waals surface area contributed by atoms with E-state index in [1.165, 1.54) is 0 Å². The number of carbonyl (C=O) groups is 1. The van der Waals surface area contributed by atoms with Crippen LogP contribution in [-0.4, -0.2) is 42.3 Å². The Morgan fingerprint density at radius 3 is 2.86 bits per heavy atom. The number of hydrogen-bond donors (Lipinski definition) is 2. The van der Waals surface area contributed by atoms with Crippen LogP contribution in [-0.2, 0) is 13.5 Å². The van der Waals surface area contributed by atoms with E-state index in [2.05, 4.69) is 20.4 Å². The van der Waals surface area contributed by atoms with Gasteiger partial charge in [0.05, 0.1) is 4.92 Å². The molecule has 21 heavy (non-hydrogen) atoms. The van der Waals surface area contributed by atoms with Crippen molar-refractivity contribution in [1.82, 2.24) is 19.7 Å². The number of rotatable bonds is 6. The van der Waals surface area contributed by atoms with Gasteiger partial charge in [-0.2, -0.15) is 5.10 Å². The normalized spacial score (nSPS) is 10.3. The average molecular weight is 292 g/mol. The van der Waals surface area contributed by atoms with Gasteiger partial charge in [-0.1, -0.05) is 0 Å². The van der Waals surface area contributed by atoms with E-state index in [-0.39, 0.29) is 17.2 Å². The molecule has 0 saturated carbocycles. The second-order valence-corrected chi connectivity index (χ2v) is 4.14. The molecule has 10 heteroatoms. The fraction of sp³-hybridized carbons (Fsp3) is 0.273. The Balaban J connectivity index is 2.11. The predicted octanol–water partition coefficient (Wildman–Crippen LogP) is 0.471. The molecule has 0 saturated heterocycles. The fourth-order valence-corrected chi connectivity index (χ4v) is 1.64. The third-order valence-corrected chi connectivity index (χ3v) is 2.58. The van der Waals surface area contributed by atoms with Crippen LogP contribution in [0.4, 0.5) is 11.5 Å². The van der Waals surface area contributed by atoms with E-state index in [0.29, 0.717) is 18.8 Å². The number of carboxylic acid groups (broad SMARTS) is 1. The molecule has 0 aliphatic rings. The number of carboxylic acids is 1. The maximum atomic E-state index is 10.9. The first-order valence-electron chi connectivity index (χ1n) is 5.94. The van der Waals surface area contributed by atoms with Crippen molar-refractivity contribution in [3.63, 3.8) is 0 Å². The van der Waals surface area contributed by atoms with Gasteiger partial charge in [-0.15, -0.1) is 0 Å². The molecule has 2 heterocycles. The summed E-state index contributed by atoms with van der Waals surface area (Å²) in [6.07, 6.45) is 1.97. The number of pyridine rings is 1. The van der Waals surface area contributed by atoms with Gasteiger partial charge in [0.15, 0.2) is 11.5 Å². The molecule has 2 aromatic heterocycles. The first-order valence-corrected chi connectivity index (χ1v) is 5.94. The standard InChI is InChI=1S/C11H12N6O4/c1-16-6-13-9(15-16)4-5-12-10-8(17(20)21)3-2-7(14-10)11(18)19/h2-3,6H,4-5H2,1H3,(H,12,14)(H,18,19). The van der Waals surface area contributed by atoms with Crippen LogP contribution in [0.5, 0.6) is 0 Å². The van der Waals surface area contributed by atoms with Crippen molar-refractivity contribution in [2.24, 2.45) is 7.05 Å². The number of nitrogens with one attached hydrogen (secondary N) is 1. The molecule has 0 aliphatic carbocycles. The Hall–Kier alpha value is -3.04. The van der Waals surface area contributed by atoms with E-state index in [0.717, 1.165) is 12.1 Å². The van der Waals surface area contributed by atoms with Crippen molar-refractivity contribution >= 4 is 17.5 Å². The van der Waals surface area contributed by atoms with Crippen molar-refractivity contribution in [2.45, 2.75) is 6.42 Å². The molecule has 110 valence electrons. The molecular weight excluding hydrogens is 280 g/mol. The minimum absolute atomic E-state index is 0.0872. The molecule has 10 nitrogen and oxygen atoms in total. The number of aromatic nitrogens is 4. The van der Waals surface area contributed by atoms with Gasteiger partial charge in [-0.25, -0.2) is 14.8 Å². The summed E-state index contributed by atoms with van der Waals surface area (Å²) in [7, 11) is 1.73. The first kappa shape index (κ1) is 14.4. The molecule has 0 amide bonds. The van der Waals surface area contributed by atoms with Crippen LogP contribution in [0.1, 0.15) is 16.3 Å². The highest BCUT2D eigenvalue weighted by atomic mass is 16.6. The summed E-state index contributed by atoms with van der Waals surface area (Å²) in [5.74, 6) is -0.766. The number of nitrogens with zero attached hydrogens (tertiary/aromatic N) is 5. The highest BCUT2D eigenvalue weighted by Crippen LogP contribution is 2.22. The van der Waals surface area contributed by atoms with Crippen molar-refractivity contribution in [1.29, 1.82) is 0 Å². The summed E-state index contributed by atoms with van der Waals surface area (Å²) in [4.78, 5) is 28.9. The lowest BCUT2D eigenvalue weighted by atomic mass is 10.3. The van der Waals surface area contributed by atoms with E-state index in [9.17, 15) is 14.9 Å². The molecule has 2 N–H and O–H groups in total. The van der Waals surface area contributed by atoms with E-state index in [1.54, 1.807) is 18.1 Å². The van der Waals surface area contributed by atoms with Crippen LogP contribution in [0.25, 0.3) is 0 Å². The van der Waals surface area contributed by atoms with Crippen molar-refractivity contribution < 1.29 is 14.8 Å². The zero-order valence-electron chi connectivity index (χ0n) is 11.1. The largest absolute Gasteiger partial charge is 0.477 e.